The predicted octanol–water partition coefficient (Wildman–Crippen LogP) is -0.941. The maximum Gasteiger partial charge on any atom is 0.257 e. The zero-order chi connectivity index (χ0) is 12.3. The molecule has 0 unspecified atom stereocenters. The molecule has 0 aromatic carbocycles. The molecule has 0 amide bonds. The minimum atomic E-state index is -3.51. The molecule has 2 rings (SSSR count). The fourth-order valence-corrected chi connectivity index (χ4v) is 2.51. The SMILES string of the molecule is Cn1nccc1S(=O)(=O)NCCc1ncn[nH]1. The Balaban J connectivity index is 1.97. The predicted molar refractivity (Wildman–Crippen MR) is 58.5 cm³/mol. The molecule has 0 bridgehead atoms. The van der Waals surface area contributed by atoms with Crippen LogP contribution in [0.2, 0.25) is 0 Å². The van der Waals surface area contributed by atoms with Crippen molar-refractivity contribution >= 4 is 10.0 Å². The topological polar surface area (TPSA) is 106 Å². The van der Waals surface area contributed by atoms with Gasteiger partial charge in [0.05, 0.1) is 6.20 Å². The Morgan fingerprint density at radius 2 is 2.35 bits per heavy atom. The van der Waals surface area contributed by atoms with E-state index in [4.69, 9.17) is 0 Å². The first kappa shape index (κ1) is 11.7. The first-order valence-corrected chi connectivity index (χ1v) is 6.40. The molecule has 17 heavy (non-hydrogen) atoms. The van der Waals surface area contributed by atoms with Gasteiger partial charge in [-0.3, -0.25) is 9.78 Å². The van der Waals surface area contributed by atoms with Gasteiger partial charge in [0.15, 0.2) is 5.03 Å². The second-order valence-electron chi connectivity index (χ2n) is 3.37. The van der Waals surface area contributed by atoms with Gasteiger partial charge in [0.25, 0.3) is 10.0 Å². The van der Waals surface area contributed by atoms with Gasteiger partial charge in [-0.1, -0.05) is 0 Å². The van der Waals surface area contributed by atoms with Crippen LogP contribution < -0.4 is 4.72 Å². The van der Waals surface area contributed by atoms with Crippen LogP contribution in [-0.4, -0.2) is 39.9 Å². The monoisotopic (exact) mass is 256 g/mol. The zero-order valence-electron chi connectivity index (χ0n) is 9.16. The van der Waals surface area contributed by atoms with Crippen molar-refractivity contribution in [3.05, 3.63) is 24.4 Å². The number of sulfonamides is 1. The number of aryl methyl sites for hydroxylation is 1. The molecule has 0 radical (unpaired) electrons. The third-order valence-electron chi connectivity index (χ3n) is 2.17. The van der Waals surface area contributed by atoms with E-state index in [1.807, 2.05) is 0 Å². The lowest BCUT2D eigenvalue weighted by Crippen LogP contribution is -2.28. The minimum absolute atomic E-state index is 0.134. The Labute approximate surface area is 98.1 Å². The lowest BCUT2D eigenvalue weighted by molar-refractivity contribution is 0.562. The highest BCUT2D eigenvalue weighted by molar-refractivity contribution is 7.89. The van der Waals surface area contributed by atoms with Gasteiger partial charge < -0.3 is 0 Å². The molecule has 0 fully saturated rings. The summed E-state index contributed by atoms with van der Waals surface area (Å²) in [6, 6.07) is 1.44. The number of hydrogen-bond acceptors (Lipinski definition) is 5. The van der Waals surface area contributed by atoms with Crippen molar-refractivity contribution in [3.8, 4) is 0 Å². The lowest BCUT2D eigenvalue weighted by atomic mass is 10.4. The van der Waals surface area contributed by atoms with E-state index in [0.29, 0.717) is 12.2 Å². The highest BCUT2D eigenvalue weighted by atomic mass is 32.2. The molecular formula is C8H12N6O2S. The summed E-state index contributed by atoms with van der Waals surface area (Å²) < 4.78 is 27.4. The number of nitrogens with zero attached hydrogens (tertiary/aromatic N) is 4. The number of nitrogens with one attached hydrogen (secondary N) is 2. The van der Waals surface area contributed by atoms with Gasteiger partial charge in [-0.2, -0.15) is 10.2 Å². The van der Waals surface area contributed by atoms with Gasteiger partial charge in [0, 0.05) is 20.0 Å². The Kier molecular flexibility index (Phi) is 3.20. The number of rotatable bonds is 5. The molecular weight excluding hydrogens is 244 g/mol. The van der Waals surface area contributed by atoms with Gasteiger partial charge in [0.1, 0.15) is 12.2 Å². The normalized spacial score (nSPS) is 11.8. The largest absolute Gasteiger partial charge is 0.263 e. The first-order valence-electron chi connectivity index (χ1n) is 4.91. The van der Waals surface area contributed by atoms with Gasteiger partial charge in [-0.05, 0) is 6.07 Å². The molecule has 0 aliphatic rings. The van der Waals surface area contributed by atoms with E-state index in [1.165, 1.54) is 23.3 Å². The quantitative estimate of drug-likeness (QED) is 0.718. The summed E-state index contributed by atoms with van der Waals surface area (Å²) in [5.41, 5.74) is 0. The van der Waals surface area contributed by atoms with Crippen LogP contribution in [0.3, 0.4) is 0 Å². The minimum Gasteiger partial charge on any atom is -0.263 e. The van der Waals surface area contributed by atoms with Crippen molar-refractivity contribution in [3.63, 3.8) is 0 Å². The van der Waals surface area contributed by atoms with E-state index in [-0.39, 0.29) is 11.6 Å². The van der Waals surface area contributed by atoms with E-state index >= 15 is 0 Å². The van der Waals surface area contributed by atoms with Crippen molar-refractivity contribution in [2.24, 2.45) is 7.05 Å². The summed E-state index contributed by atoms with van der Waals surface area (Å²) in [5, 5.41) is 10.3. The van der Waals surface area contributed by atoms with Crippen molar-refractivity contribution in [1.82, 2.24) is 29.7 Å². The van der Waals surface area contributed by atoms with E-state index in [1.54, 1.807) is 7.05 Å². The first-order chi connectivity index (χ1) is 8.09. The molecule has 2 heterocycles. The Hall–Kier alpha value is -1.74. The molecule has 8 nitrogen and oxygen atoms in total. The average molecular weight is 256 g/mol. The van der Waals surface area contributed by atoms with Gasteiger partial charge >= 0.3 is 0 Å². The molecule has 0 aliphatic heterocycles. The molecule has 0 saturated carbocycles. The third kappa shape index (κ3) is 2.68. The van der Waals surface area contributed by atoms with Crippen molar-refractivity contribution < 1.29 is 8.42 Å². The highest BCUT2D eigenvalue weighted by Gasteiger charge is 2.17. The highest BCUT2D eigenvalue weighted by Crippen LogP contribution is 2.05. The number of H-pyrrole nitrogens is 1. The van der Waals surface area contributed by atoms with E-state index < -0.39 is 10.0 Å². The fourth-order valence-electron chi connectivity index (χ4n) is 1.35. The molecule has 0 saturated heterocycles. The molecule has 0 spiro atoms. The average Bonchev–Trinajstić information content (AvgIpc) is 2.88. The van der Waals surface area contributed by atoms with Gasteiger partial charge in [-0.25, -0.2) is 18.1 Å². The van der Waals surface area contributed by atoms with Gasteiger partial charge in [-0.15, -0.1) is 0 Å². The molecule has 92 valence electrons. The molecule has 2 aromatic rings. The standard InChI is InChI=1S/C8H12N6O2S/c1-14-8(3-4-11-14)17(15,16)12-5-2-7-9-6-10-13-7/h3-4,6,12H,2,5H2,1H3,(H,9,10,13). The van der Waals surface area contributed by atoms with Gasteiger partial charge in [0.2, 0.25) is 0 Å². The van der Waals surface area contributed by atoms with E-state index in [9.17, 15) is 8.42 Å². The van der Waals surface area contributed by atoms with Crippen LogP contribution in [0.5, 0.6) is 0 Å². The number of aromatic nitrogens is 5. The fraction of sp³-hybridized carbons (Fsp3) is 0.375. The summed E-state index contributed by atoms with van der Waals surface area (Å²) >= 11 is 0. The van der Waals surface area contributed by atoms with Crippen molar-refractivity contribution in [2.45, 2.75) is 11.4 Å². The van der Waals surface area contributed by atoms with Crippen molar-refractivity contribution in [2.75, 3.05) is 6.54 Å². The van der Waals surface area contributed by atoms with Crippen LogP contribution in [0.4, 0.5) is 0 Å². The number of aromatic amines is 1. The second kappa shape index (κ2) is 4.63. The molecule has 2 aromatic heterocycles. The summed E-state index contributed by atoms with van der Waals surface area (Å²) in [4.78, 5) is 3.90. The summed E-state index contributed by atoms with van der Waals surface area (Å²) in [5.74, 6) is 0.637. The summed E-state index contributed by atoms with van der Waals surface area (Å²) in [7, 11) is -1.94. The molecule has 9 heteroatoms. The Bertz CT molecular complexity index is 573. The molecule has 0 atom stereocenters. The lowest BCUT2D eigenvalue weighted by Gasteiger charge is -2.05. The van der Waals surface area contributed by atoms with Crippen LogP contribution in [0, 0.1) is 0 Å². The van der Waals surface area contributed by atoms with Crippen LogP contribution in [0.15, 0.2) is 23.6 Å². The van der Waals surface area contributed by atoms with Crippen LogP contribution in [0.1, 0.15) is 5.82 Å². The number of hydrogen-bond donors (Lipinski definition) is 2. The van der Waals surface area contributed by atoms with Crippen LogP contribution in [0.25, 0.3) is 0 Å². The second-order valence-corrected chi connectivity index (χ2v) is 5.09. The van der Waals surface area contributed by atoms with E-state index in [2.05, 4.69) is 25.0 Å². The Morgan fingerprint density at radius 1 is 1.53 bits per heavy atom. The maximum absolute atomic E-state index is 11.8. The van der Waals surface area contributed by atoms with Crippen LogP contribution >= 0.6 is 0 Å². The summed E-state index contributed by atoms with van der Waals surface area (Å²) in [6.07, 6.45) is 3.27. The maximum atomic E-state index is 11.8. The zero-order valence-corrected chi connectivity index (χ0v) is 9.98. The smallest absolute Gasteiger partial charge is 0.257 e. The van der Waals surface area contributed by atoms with E-state index in [0.717, 1.165) is 0 Å². The van der Waals surface area contributed by atoms with Crippen molar-refractivity contribution in [1.29, 1.82) is 0 Å². The Morgan fingerprint density at radius 3 is 2.94 bits per heavy atom. The van der Waals surface area contributed by atoms with Crippen LogP contribution in [-0.2, 0) is 23.5 Å². The molecule has 2 N–H and O–H groups in total. The summed E-state index contributed by atoms with van der Waals surface area (Å²) in [6.45, 7) is 0.253. The molecule has 0 aliphatic carbocycles. The third-order valence-corrected chi connectivity index (χ3v) is 3.71.